The van der Waals surface area contributed by atoms with Crippen LogP contribution >= 0.6 is 0 Å². The van der Waals surface area contributed by atoms with Gasteiger partial charge in [0.2, 0.25) is 5.91 Å². The number of carbonyl (C=O) groups excluding carboxylic acids is 3. The lowest BCUT2D eigenvalue weighted by atomic mass is 9.96. The molecule has 0 aliphatic carbocycles. The lowest BCUT2D eigenvalue weighted by molar-refractivity contribution is -0.122. The molecule has 1 aliphatic heterocycles. The summed E-state index contributed by atoms with van der Waals surface area (Å²) in [7, 11) is 0. The van der Waals surface area contributed by atoms with Gasteiger partial charge in [0.1, 0.15) is 5.60 Å². The van der Waals surface area contributed by atoms with Gasteiger partial charge >= 0.3 is 0 Å². The van der Waals surface area contributed by atoms with Crippen molar-refractivity contribution in [1.29, 1.82) is 0 Å². The van der Waals surface area contributed by atoms with Crippen molar-refractivity contribution in [2.75, 3.05) is 13.1 Å². The summed E-state index contributed by atoms with van der Waals surface area (Å²) in [6, 6.07) is 15.8. The molecule has 0 aromatic heterocycles. The van der Waals surface area contributed by atoms with E-state index in [0.717, 1.165) is 5.56 Å². The van der Waals surface area contributed by atoms with Crippen LogP contribution in [0.25, 0.3) is 0 Å². The molecule has 2 aromatic carbocycles. The Morgan fingerprint density at radius 3 is 2.15 bits per heavy atom. The van der Waals surface area contributed by atoms with Gasteiger partial charge in [-0.2, -0.15) is 0 Å². The molecule has 1 aliphatic rings. The van der Waals surface area contributed by atoms with Crippen molar-refractivity contribution < 1.29 is 19.5 Å². The molecule has 0 spiro atoms. The first-order valence-electron chi connectivity index (χ1n) is 8.90. The molecular formula is C21H22N2O4. The van der Waals surface area contributed by atoms with Gasteiger partial charge in [-0.25, -0.2) is 0 Å². The summed E-state index contributed by atoms with van der Waals surface area (Å²) >= 11 is 0. The van der Waals surface area contributed by atoms with Crippen LogP contribution < -0.4 is 5.32 Å². The number of nitrogens with zero attached hydrogens (tertiary/aromatic N) is 1. The highest BCUT2D eigenvalue weighted by Crippen LogP contribution is 2.23. The fraction of sp³-hybridized carbons (Fsp3) is 0.286. The number of imide groups is 1. The summed E-state index contributed by atoms with van der Waals surface area (Å²) in [5.41, 5.74) is 0.368. The van der Waals surface area contributed by atoms with Crippen LogP contribution in [-0.4, -0.2) is 40.8 Å². The fourth-order valence-corrected chi connectivity index (χ4v) is 3.10. The topological polar surface area (TPSA) is 86.7 Å². The largest absolute Gasteiger partial charge is 0.384 e. The Bertz CT molecular complexity index is 826. The zero-order valence-electron chi connectivity index (χ0n) is 15.1. The number of fused-ring (bicyclic) bond motifs is 1. The fourth-order valence-electron chi connectivity index (χ4n) is 3.10. The predicted molar refractivity (Wildman–Crippen MR) is 100 cm³/mol. The molecule has 0 fully saturated rings. The van der Waals surface area contributed by atoms with E-state index in [1.807, 2.05) is 18.2 Å². The average molecular weight is 366 g/mol. The highest BCUT2D eigenvalue weighted by Gasteiger charge is 2.34. The molecule has 3 rings (SSSR count). The van der Waals surface area contributed by atoms with Crippen LogP contribution in [0, 0.1) is 0 Å². The molecule has 1 unspecified atom stereocenters. The Balaban J connectivity index is 1.47. The molecule has 2 aromatic rings. The maximum Gasteiger partial charge on any atom is 0.261 e. The quantitative estimate of drug-likeness (QED) is 0.735. The number of rotatable bonds is 7. The van der Waals surface area contributed by atoms with E-state index in [2.05, 4.69) is 5.32 Å². The third-order valence-corrected chi connectivity index (χ3v) is 4.69. The molecule has 0 bridgehead atoms. The second kappa shape index (κ2) is 7.72. The number of hydrogen-bond acceptors (Lipinski definition) is 4. The zero-order valence-corrected chi connectivity index (χ0v) is 15.1. The van der Waals surface area contributed by atoms with E-state index in [1.54, 1.807) is 43.3 Å². The summed E-state index contributed by atoms with van der Waals surface area (Å²) < 4.78 is 0. The molecule has 3 amide bonds. The van der Waals surface area contributed by atoms with E-state index < -0.39 is 5.60 Å². The lowest BCUT2D eigenvalue weighted by Crippen LogP contribution is -2.39. The number of nitrogens with one attached hydrogen (secondary N) is 1. The van der Waals surface area contributed by atoms with Crippen molar-refractivity contribution in [3.8, 4) is 0 Å². The zero-order chi connectivity index (χ0) is 19.4. The van der Waals surface area contributed by atoms with Gasteiger partial charge in [-0.3, -0.25) is 19.3 Å². The van der Waals surface area contributed by atoms with Gasteiger partial charge in [-0.15, -0.1) is 0 Å². The van der Waals surface area contributed by atoms with Crippen LogP contribution in [0.3, 0.4) is 0 Å². The number of hydrogen-bond donors (Lipinski definition) is 2. The smallest absolute Gasteiger partial charge is 0.261 e. The minimum atomic E-state index is -1.17. The molecular weight excluding hydrogens is 344 g/mol. The van der Waals surface area contributed by atoms with Gasteiger partial charge in [0.15, 0.2) is 0 Å². The van der Waals surface area contributed by atoms with E-state index in [9.17, 15) is 19.5 Å². The van der Waals surface area contributed by atoms with Crippen molar-refractivity contribution in [2.24, 2.45) is 0 Å². The van der Waals surface area contributed by atoms with Gasteiger partial charge in [0.25, 0.3) is 11.8 Å². The van der Waals surface area contributed by atoms with Crippen molar-refractivity contribution in [3.05, 3.63) is 71.3 Å². The highest BCUT2D eigenvalue weighted by molar-refractivity contribution is 6.21. The molecule has 6 heteroatoms. The Hall–Kier alpha value is -2.99. The van der Waals surface area contributed by atoms with Crippen LogP contribution in [0.15, 0.2) is 54.6 Å². The molecule has 0 radical (unpaired) electrons. The van der Waals surface area contributed by atoms with E-state index in [0.29, 0.717) is 17.5 Å². The third-order valence-electron chi connectivity index (χ3n) is 4.69. The second-order valence-electron chi connectivity index (χ2n) is 6.83. The van der Waals surface area contributed by atoms with Crippen LogP contribution in [0.4, 0.5) is 0 Å². The van der Waals surface area contributed by atoms with E-state index in [1.165, 1.54) is 4.90 Å². The lowest BCUT2D eigenvalue weighted by Gasteiger charge is -2.24. The van der Waals surface area contributed by atoms with Crippen molar-refractivity contribution in [2.45, 2.75) is 25.4 Å². The summed E-state index contributed by atoms with van der Waals surface area (Å²) in [4.78, 5) is 37.8. The normalized spacial score (nSPS) is 15.4. The Kier molecular flexibility index (Phi) is 5.37. The first kappa shape index (κ1) is 18.8. The number of amides is 3. The van der Waals surface area contributed by atoms with Gasteiger partial charge < -0.3 is 10.4 Å². The first-order chi connectivity index (χ1) is 12.9. The van der Waals surface area contributed by atoms with Crippen molar-refractivity contribution in [1.82, 2.24) is 10.2 Å². The molecule has 2 N–H and O–H groups in total. The van der Waals surface area contributed by atoms with E-state index in [-0.39, 0.29) is 37.2 Å². The predicted octanol–water partition coefficient (Wildman–Crippen LogP) is 2.09. The van der Waals surface area contributed by atoms with Gasteiger partial charge in [-0.1, -0.05) is 42.5 Å². The summed E-state index contributed by atoms with van der Waals surface area (Å²) in [6.07, 6.45) is 0.531. The molecule has 27 heavy (non-hydrogen) atoms. The maximum absolute atomic E-state index is 12.3. The standard InChI is InChI=1S/C21H22N2O4/c1-21(27,15-8-3-2-4-9-15)14-22-18(24)12-7-13-23-19(25)16-10-5-6-11-17(16)20(23)26/h2-6,8-11,27H,7,12-14H2,1H3,(H,22,24). The van der Waals surface area contributed by atoms with Crippen molar-refractivity contribution in [3.63, 3.8) is 0 Å². The third kappa shape index (κ3) is 4.06. The summed E-state index contributed by atoms with van der Waals surface area (Å²) in [5.74, 6) is -0.867. The highest BCUT2D eigenvalue weighted by atomic mass is 16.3. The summed E-state index contributed by atoms with van der Waals surface area (Å²) in [5, 5.41) is 13.2. The number of aliphatic hydroxyl groups is 1. The van der Waals surface area contributed by atoms with E-state index >= 15 is 0 Å². The Morgan fingerprint density at radius 2 is 1.56 bits per heavy atom. The Morgan fingerprint density at radius 1 is 1.00 bits per heavy atom. The van der Waals surface area contributed by atoms with Crippen LogP contribution in [0.2, 0.25) is 0 Å². The molecule has 6 nitrogen and oxygen atoms in total. The minimum absolute atomic E-state index is 0.0862. The molecule has 0 saturated heterocycles. The van der Waals surface area contributed by atoms with Crippen LogP contribution in [0.1, 0.15) is 46.0 Å². The van der Waals surface area contributed by atoms with Crippen LogP contribution in [-0.2, 0) is 10.4 Å². The van der Waals surface area contributed by atoms with Crippen molar-refractivity contribution >= 4 is 17.7 Å². The molecule has 0 saturated carbocycles. The van der Waals surface area contributed by atoms with Gasteiger partial charge in [-0.05, 0) is 31.0 Å². The van der Waals surface area contributed by atoms with Gasteiger partial charge in [0.05, 0.1) is 17.7 Å². The number of carbonyl (C=O) groups is 3. The molecule has 1 atom stereocenters. The first-order valence-corrected chi connectivity index (χ1v) is 8.90. The number of benzene rings is 2. The van der Waals surface area contributed by atoms with Crippen LogP contribution in [0.5, 0.6) is 0 Å². The maximum atomic E-state index is 12.3. The Labute approximate surface area is 157 Å². The second-order valence-corrected chi connectivity index (χ2v) is 6.83. The molecule has 1 heterocycles. The summed E-state index contributed by atoms with van der Waals surface area (Å²) in [6.45, 7) is 1.92. The monoisotopic (exact) mass is 366 g/mol. The SMILES string of the molecule is CC(O)(CNC(=O)CCCN1C(=O)c2ccccc2C1=O)c1ccccc1. The van der Waals surface area contributed by atoms with Gasteiger partial charge in [0, 0.05) is 13.0 Å². The average Bonchev–Trinajstić information content (AvgIpc) is 2.92. The molecule has 140 valence electrons. The van der Waals surface area contributed by atoms with E-state index in [4.69, 9.17) is 0 Å². The minimum Gasteiger partial charge on any atom is -0.384 e.